The molecule has 0 spiro atoms. The maximum atomic E-state index is 6.39. The summed E-state index contributed by atoms with van der Waals surface area (Å²) in [6, 6.07) is 0. The predicted octanol–water partition coefficient (Wildman–Crippen LogP) is 4.53. The average molecular weight is 289 g/mol. The molecule has 0 aromatic carbocycles. The van der Waals surface area contributed by atoms with Crippen molar-refractivity contribution >= 4 is 15.9 Å². The molecule has 0 aromatic heterocycles. The number of ether oxygens (including phenoxy) is 1. The van der Waals surface area contributed by atoms with Gasteiger partial charge < -0.3 is 4.74 Å². The van der Waals surface area contributed by atoms with Gasteiger partial charge in [-0.1, -0.05) is 49.5 Å². The molecule has 2 saturated carbocycles. The predicted molar refractivity (Wildman–Crippen MR) is 72.0 cm³/mol. The molecule has 0 radical (unpaired) electrons. The van der Waals surface area contributed by atoms with E-state index in [1.54, 1.807) is 0 Å². The van der Waals surface area contributed by atoms with Crippen LogP contribution in [0.4, 0.5) is 0 Å². The van der Waals surface area contributed by atoms with Gasteiger partial charge in [-0.25, -0.2) is 0 Å². The Labute approximate surface area is 108 Å². The standard InChI is InChI=1S/C14H25BrO/c1-4-14(3)12(15)9-13(14)16-11-8-6-5-7-10(11)2/h10-13H,4-9H2,1-3H3. The lowest BCUT2D eigenvalue weighted by molar-refractivity contribution is -0.150. The Morgan fingerprint density at radius 3 is 2.56 bits per heavy atom. The summed E-state index contributed by atoms with van der Waals surface area (Å²) in [6.45, 7) is 7.01. The lowest BCUT2D eigenvalue weighted by Crippen LogP contribution is -2.55. The van der Waals surface area contributed by atoms with Gasteiger partial charge in [0.05, 0.1) is 12.2 Å². The summed E-state index contributed by atoms with van der Waals surface area (Å²) < 4.78 is 6.39. The molecule has 2 heteroatoms. The lowest BCUT2D eigenvalue weighted by Gasteiger charge is -2.52. The van der Waals surface area contributed by atoms with Gasteiger partial charge in [-0.3, -0.25) is 0 Å². The third kappa shape index (κ3) is 2.20. The molecule has 0 bridgehead atoms. The number of rotatable bonds is 3. The van der Waals surface area contributed by atoms with Gasteiger partial charge in [0.1, 0.15) is 0 Å². The summed E-state index contributed by atoms with van der Waals surface area (Å²) in [7, 11) is 0. The molecule has 1 nitrogen and oxygen atoms in total. The van der Waals surface area contributed by atoms with E-state index in [2.05, 4.69) is 36.7 Å². The Morgan fingerprint density at radius 1 is 1.31 bits per heavy atom. The Bertz CT molecular complexity index is 243. The van der Waals surface area contributed by atoms with Crippen molar-refractivity contribution in [1.82, 2.24) is 0 Å². The summed E-state index contributed by atoms with van der Waals surface area (Å²) in [4.78, 5) is 0.661. The minimum absolute atomic E-state index is 0.372. The average Bonchev–Trinajstić information content (AvgIpc) is 2.30. The van der Waals surface area contributed by atoms with Gasteiger partial charge in [0, 0.05) is 10.2 Å². The van der Waals surface area contributed by atoms with Crippen LogP contribution in [0.3, 0.4) is 0 Å². The molecule has 2 rings (SSSR count). The van der Waals surface area contributed by atoms with Gasteiger partial charge in [0.15, 0.2) is 0 Å². The lowest BCUT2D eigenvalue weighted by atomic mass is 9.65. The number of hydrogen-bond acceptors (Lipinski definition) is 1. The van der Waals surface area contributed by atoms with E-state index in [0.717, 1.165) is 5.92 Å². The van der Waals surface area contributed by atoms with Gasteiger partial charge in [0.25, 0.3) is 0 Å². The van der Waals surface area contributed by atoms with Gasteiger partial charge in [-0.15, -0.1) is 0 Å². The molecule has 0 aliphatic heterocycles. The summed E-state index contributed by atoms with van der Waals surface area (Å²) in [6.07, 6.45) is 8.85. The highest BCUT2D eigenvalue weighted by Crippen LogP contribution is 2.51. The second-order valence-electron chi connectivity index (χ2n) is 5.99. The molecular weight excluding hydrogens is 264 g/mol. The molecule has 5 atom stereocenters. The van der Waals surface area contributed by atoms with Crippen molar-refractivity contribution in [2.75, 3.05) is 0 Å². The fourth-order valence-corrected chi connectivity index (χ4v) is 4.08. The van der Waals surface area contributed by atoms with Crippen molar-refractivity contribution in [2.24, 2.45) is 11.3 Å². The van der Waals surface area contributed by atoms with Crippen LogP contribution >= 0.6 is 15.9 Å². The fraction of sp³-hybridized carbons (Fsp3) is 1.00. The molecule has 2 aliphatic rings. The van der Waals surface area contributed by atoms with Crippen LogP contribution in [0.1, 0.15) is 59.3 Å². The second kappa shape index (κ2) is 4.97. The van der Waals surface area contributed by atoms with Crippen molar-refractivity contribution in [3.05, 3.63) is 0 Å². The number of halogens is 1. The highest BCUT2D eigenvalue weighted by molar-refractivity contribution is 9.09. The van der Waals surface area contributed by atoms with Crippen molar-refractivity contribution in [3.63, 3.8) is 0 Å². The minimum Gasteiger partial charge on any atom is -0.374 e. The first-order valence-electron chi connectivity index (χ1n) is 6.87. The van der Waals surface area contributed by atoms with Gasteiger partial charge in [0.2, 0.25) is 0 Å². The topological polar surface area (TPSA) is 9.23 Å². The molecule has 2 fully saturated rings. The zero-order chi connectivity index (χ0) is 11.8. The normalized spacial score (nSPS) is 48.8. The van der Waals surface area contributed by atoms with Crippen LogP contribution in [0.5, 0.6) is 0 Å². The largest absolute Gasteiger partial charge is 0.374 e. The molecule has 2 aliphatic carbocycles. The molecule has 5 unspecified atom stereocenters. The van der Waals surface area contributed by atoms with E-state index in [0.29, 0.717) is 22.5 Å². The van der Waals surface area contributed by atoms with Crippen LogP contribution in [-0.2, 0) is 4.74 Å². The van der Waals surface area contributed by atoms with Gasteiger partial charge >= 0.3 is 0 Å². The van der Waals surface area contributed by atoms with E-state index in [1.807, 2.05) is 0 Å². The zero-order valence-corrected chi connectivity index (χ0v) is 12.4. The van der Waals surface area contributed by atoms with Crippen LogP contribution in [0, 0.1) is 11.3 Å². The minimum atomic E-state index is 0.372. The summed E-state index contributed by atoms with van der Waals surface area (Å²) in [5, 5.41) is 0. The first-order chi connectivity index (χ1) is 7.58. The third-order valence-electron chi connectivity index (χ3n) is 5.01. The van der Waals surface area contributed by atoms with E-state index in [9.17, 15) is 0 Å². The molecule has 0 N–H and O–H groups in total. The first kappa shape index (κ1) is 12.9. The maximum Gasteiger partial charge on any atom is 0.0654 e. The van der Waals surface area contributed by atoms with Gasteiger partial charge in [-0.05, 0) is 31.6 Å². The summed E-state index contributed by atoms with van der Waals surface area (Å²) in [5.74, 6) is 0.768. The van der Waals surface area contributed by atoms with Crippen LogP contribution in [0.25, 0.3) is 0 Å². The van der Waals surface area contributed by atoms with Gasteiger partial charge in [-0.2, -0.15) is 0 Å². The van der Waals surface area contributed by atoms with Crippen molar-refractivity contribution < 1.29 is 4.74 Å². The third-order valence-corrected chi connectivity index (χ3v) is 6.43. The first-order valence-corrected chi connectivity index (χ1v) is 7.79. The molecule has 94 valence electrons. The summed E-state index contributed by atoms with van der Waals surface area (Å²) in [5.41, 5.74) is 0.372. The molecular formula is C14H25BrO. The smallest absolute Gasteiger partial charge is 0.0654 e. The number of alkyl halides is 1. The Kier molecular flexibility index (Phi) is 4.01. The fourth-order valence-electron chi connectivity index (χ4n) is 3.12. The summed E-state index contributed by atoms with van der Waals surface area (Å²) >= 11 is 3.78. The van der Waals surface area contributed by atoms with Crippen molar-refractivity contribution in [2.45, 2.75) is 76.3 Å². The SMILES string of the molecule is CCC1(C)C(Br)CC1OC1CCCCC1C. The van der Waals surface area contributed by atoms with Crippen LogP contribution in [0.2, 0.25) is 0 Å². The molecule has 0 amide bonds. The molecule has 0 saturated heterocycles. The Morgan fingerprint density at radius 2 is 2.00 bits per heavy atom. The maximum absolute atomic E-state index is 6.39. The molecule has 16 heavy (non-hydrogen) atoms. The monoisotopic (exact) mass is 288 g/mol. The highest BCUT2D eigenvalue weighted by atomic mass is 79.9. The van der Waals surface area contributed by atoms with E-state index in [1.165, 1.54) is 38.5 Å². The van der Waals surface area contributed by atoms with E-state index in [4.69, 9.17) is 4.74 Å². The Hall–Kier alpha value is 0.440. The van der Waals surface area contributed by atoms with E-state index < -0.39 is 0 Å². The Balaban J connectivity index is 1.90. The van der Waals surface area contributed by atoms with E-state index in [-0.39, 0.29) is 0 Å². The second-order valence-corrected chi connectivity index (χ2v) is 7.09. The molecule has 0 aromatic rings. The van der Waals surface area contributed by atoms with Crippen molar-refractivity contribution in [3.8, 4) is 0 Å². The van der Waals surface area contributed by atoms with E-state index >= 15 is 0 Å². The molecule has 0 heterocycles. The van der Waals surface area contributed by atoms with Crippen LogP contribution in [-0.4, -0.2) is 17.0 Å². The quantitative estimate of drug-likeness (QED) is 0.693. The van der Waals surface area contributed by atoms with Crippen LogP contribution in [0.15, 0.2) is 0 Å². The van der Waals surface area contributed by atoms with Crippen molar-refractivity contribution in [1.29, 1.82) is 0 Å². The van der Waals surface area contributed by atoms with Crippen LogP contribution < -0.4 is 0 Å². The highest BCUT2D eigenvalue weighted by Gasteiger charge is 2.50. The number of hydrogen-bond donors (Lipinski definition) is 0. The zero-order valence-electron chi connectivity index (χ0n) is 10.8.